The Bertz CT molecular complexity index is 1130. The number of amides is 2. The largest absolute Gasteiger partial charge is 0.456 e. The molecule has 1 saturated heterocycles. The number of nitrogens with zero attached hydrogens (tertiary/aromatic N) is 2. The van der Waals surface area contributed by atoms with Crippen molar-refractivity contribution in [3.8, 4) is 11.4 Å². The first-order valence-electron chi connectivity index (χ1n) is 11.5. The standard InChI is InChI=1S/C25H26F2N2O6/c1-14-11-20(15(2)29(14)16-7-9-17(10-8-16)35-25(26)27)21(30)13-34-22(31)12-28-23(32)18-5-3-4-6-19(18)24(28)33/h7-11,18-19,25H,3-6,12-13H2,1-2H3/t18-,19+. The molecule has 8 nitrogen and oxygen atoms in total. The molecular formula is C25H26F2N2O6. The van der Waals surface area contributed by atoms with E-state index < -0.39 is 31.5 Å². The molecule has 0 N–H and O–H groups in total. The first-order chi connectivity index (χ1) is 16.7. The van der Waals surface area contributed by atoms with Crippen molar-refractivity contribution in [2.45, 2.75) is 46.1 Å². The third kappa shape index (κ3) is 4.96. The summed E-state index contributed by atoms with van der Waals surface area (Å²) >= 11 is 0. The van der Waals surface area contributed by atoms with Crippen LogP contribution in [0.3, 0.4) is 0 Å². The molecule has 35 heavy (non-hydrogen) atoms. The highest BCUT2D eigenvalue weighted by atomic mass is 19.3. The molecule has 0 bridgehead atoms. The number of fused-ring (bicyclic) bond motifs is 1. The molecule has 0 unspecified atom stereocenters. The second-order valence-electron chi connectivity index (χ2n) is 8.84. The van der Waals surface area contributed by atoms with Crippen molar-refractivity contribution in [2.75, 3.05) is 13.2 Å². The SMILES string of the molecule is Cc1cc(C(=O)COC(=O)CN2C(=O)[C@H]3CCCC[C@H]3C2=O)c(C)n1-c1ccc(OC(F)F)cc1. The molecule has 2 aliphatic rings. The molecular weight excluding hydrogens is 462 g/mol. The molecule has 2 atom stereocenters. The molecule has 2 fully saturated rings. The van der Waals surface area contributed by atoms with Crippen LogP contribution in [-0.4, -0.2) is 52.8 Å². The summed E-state index contributed by atoms with van der Waals surface area (Å²) in [5.74, 6) is -2.62. The smallest absolute Gasteiger partial charge is 0.387 e. The molecule has 0 spiro atoms. The number of hydrogen-bond donors (Lipinski definition) is 0. The van der Waals surface area contributed by atoms with Gasteiger partial charge in [0, 0.05) is 22.6 Å². The monoisotopic (exact) mass is 488 g/mol. The van der Waals surface area contributed by atoms with Gasteiger partial charge in [0.15, 0.2) is 6.61 Å². The Morgan fingerprint density at radius 1 is 1.03 bits per heavy atom. The summed E-state index contributed by atoms with van der Waals surface area (Å²) in [5, 5.41) is 0. The number of aryl methyl sites for hydroxylation is 1. The van der Waals surface area contributed by atoms with Gasteiger partial charge in [-0.25, -0.2) is 0 Å². The normalized spacial score (nSPS) is 19.7. The summed E-state index contributed by atoms with van der Waals surface area (Å²) in [6.07, 6.45) is 3.08. The van der Waals surface area contributed by atoms with Crippen molar-refractivity contribution in [1.29, 1.82) is 0 Å². The van der Waals surface area contributed by atoms with Gasteiger partial charge < -0.3 is 14.0 Å². The van der Waals surface area contributed by atoms with E-state index in [9.17, 15) is 28.0 Å². The molecule has 2 heterocycles. The summed E-state index contributed by atoms with van der Waals surface area (Å²) in [4.78, 5) is 51.1. The van der Waals surface area contributed by atoms with E-state index in [1.54, 1.807) is 36.6 Å². The number of carbonyl (C=O) groups is 4. The van der Waals surface area contributed by atoms with Crippen molar-refractivity contribution < 1.29 is 37.4 Å². The second-order valence-corrected chi connectivity index (χ2v) is 8.84. The fourth-order valence-corrected chi connectivity index (χ4v) is 5.00. The zero-order chi connectivity index (χ0) is 25.3. The third-order valence-electron chi connectivity index (χ3n) is 6.64. The minimum atomic E-state index is -2.92. The number of ketones is 1. The van der Waals surface area contributed by atoms with E-state index in [1.165, 1.54) is 12.1 Å². The average Bonchev–Trinajstić information content (AvgIpc) is 3.26. The number of Topliss-reactive ketones (excluding diaryl/α,β-unsaturated/α-hetero) is 1. The van der Waals surface area contributed by atoms with Crippen LogP contribution in [-0.2, 0) is 19.1 Å². The van der Waals surface area contributed by atoms with Crippen molar-refractivity contribution in [3.05, 3.63) is 47.3 Å². The van der Waals surface area contributed by atoms with Crippen LogP contribution in [0.4, 0.5) is 8.78 Å². The molecule has 2 amide bonds. The van der Waals surface area contributed by atoms with Crippen LogP contribution in [0.15, 0.2) is 30.3 Å². The van der Waals surface area contributed by atoms with E-state index in [2.05, 4.69) is 4.74 Å². The van der Waals surface area contributed by atoms with E-state index in [1.807, 2.05) is 0 Å². The lowest BCUT2D eigenvalue weighted by molar-refractivity contribution is -0.152. The lowest BCUT2D eigenvalue weighted by atomic mass is 9.81. The number of esters is 1. The molecule has 4 rings (SSSR count). The van der Waals surface area contributed by atoms with Gasteiger partial charge in [-0.2, -0.15) is 8.78 Å². The van der Waals surface area contributed by atoms with Gasteiger partial charge in [-0.3, -0.25) is 24.1 Å². The van der Waals surface area contributed by atoms with Gasteiger partial charge >= 0.3 is 12.6 Å². The highest BCUT2D eigenvalue weighted by molar-refractivity contribution is 6.07. The molecule has 186 valence electrons. The number of benzene rings is 1. The van der Waals surface area contributed by atoms with Crippen molar-refractivity contribution >= 4 is 23.6 Å². The molecule has 0 radical (unpaired) electrons. The number of rotatable bonds is 8. The van der Waals surface area contributed by atoms with E-state index in [0.717, 1.165) is 23.4 Å². The second kappa shape index (κ2) is 9.97. The summed E-state index contributed by atoms with van der Waals surface area (Å²) in [5.41, 5.74) is 2.28. The summed E-state index contributed by atoms with van der Waals surface area (Å²) in [6.45, 7) is -0.455. The maximum Gasteiger partial charge on any atom is 0.387 e. The number of likely N-dealkylation sites (tertiary alicyclic amines) is 1. The molecule has 10 heteroatoms. The van der Waals surface area contributed by atoms with Crippen LogP contribution < -0.4 is 4.74 Å². The number of carbonyl (C=O) groups excluding carboxylic acids is 4. The maximum absolute atomic E-state index is 12.8. The van der Waals surface area contributed by atoms with E-state index in [-0.39, 0.29) is 29.4 Å². The quantitative estimate of drug-likeness (QED) is 0.320. The molecule has 1 aromatic heterocycles. The Morgan fingerprint density at radius 3 is 2.20 bits per heavy atom. The zero-order valence-electron chi connectivity index (χ0n) is 19.5. The Balaban J connectivity index is 1.38. The van der Waals surface area contributed by atoms with Crippen molar-refractivity contribution in [1.82, 2.24) is 9.47 Å². The maximum atomic E-state index is 12.8. The summed E-state index contributed by atoms with van der Waals surface area (Å²) in [6, 6.07) is 7.63. The van der Waals surface area contributed by atoms with E-state index >= 15 is 0 Å². The molecule has 1 aromatic carbocycles. The average molecular weight is 488 g/mol. The van der Waals surface area contributed by atoms with Crippen LogP contribution in [0, 0.1) is 25.7 Å². The molecule has 2 aromatic rings. The Labute approximate surface area is 200 Å². The van der Waals surface area contributed by atoms with Crippen LogP contribution in [0.25, 0.3) is 5.69 Å². The minimum absolute atomic E-state index is 0.0173. The molecule has 1 aliphatic heterocycles. The summed E-state index contributed by atoms with van der Waals surface area (Å²) in [7, 11) is 0. The van der Waals surface area contributed by atoms with Gasteiger partial charge in [0.25, 0.3) is 0 Å². The number of halogens is 2. The van der Waals surface area contributed by atoms with Crippen molar-refractivity contribution in [2.24, 2.45) is 11.8 Å². The third-order valence-corrected chi connectivity index (χ3v) is 6.64. The van der Waals surface area contributed by atoms with E-state index in [0.29, 0.717) is 29.8 Å². The topological polar surface area (TPSA) is 94.9 Å². The van der Waals surface area contributed by atoms with Gasteiger partial charge in [0.2, 0.25) is 17.6 Å². The van der Waals surface area contributed by atoms with Crippen LogP contribution >= 0.6 is 0 Å². The minimum Gasteiger partial charge on any atom is -0.456 e. The highest BCUT2D eigenvalue weighted by Gasteiger charge is 2.48. The first kappa shape index (κ1) is 24.6. The lowest BCUT2D eigenvalue weighted by Crippen LogP contribution is -2.37. The number of aromatic nitrogens is 1. The zero-order valence-corrected chi connectivity index (χ0v) is 19.5. The Morgan fingerprint density at radius 2 is 1.63 bits per heavy atom. The van der Waals surface area contributed by atoms with Crippen LogP contribution in [0.1, 0.15) is 47.4 Å². The predicted molar refractivity (Wildman–Crippen MR) is 119 cm³/mol. The fourth-order valence-electron chi connectivity index (χ4n) is 5.00. The van der Waals surface area contributed by atoms with Crippen LogP contribution in [0.2, 0.25) is 0 Å². The number of ether oxygens (including phenoxy) is 2. The predicted octanol–water partition coefficient (Wildman–Crippen LogP) is 3.60. The molecule has 1 aliphatic carbocycles. The fraction of sp³-hybridized carbons (Fsp3) is 0.440. The number of alkyl halides is 2. The Kier molecular flexibility index (Phi) is 7.00. The van der Waals surface area contributed by atoms with Gasteiger partial charge in [-0.05, 0) is 57.0 Å². The highest BCUT2D eigenvalue weighted by Crippen LogP contribution is 2.37. The summed E-state index contributed by atoms with van der Waals surface area (Å²) < 4.78 is 36.0. The van der Waals surface area contributed by atoms with Gasteiger partial charge in [0.1, 0.15) is 12.3 Å². The van der Waals surface area contributed by atoms with E-state index in [4.69, 9.17) is 4.74 Å². The van der Waals surface area contributed by atoms with Crippen molar-refractivity contribution in [3.63, 3.8) is 0 Å². The first-order valence-corrected chi connectivity index (χ1v) is 11.5. The lowest BCUT2D eigenvalue weighted by Gasteiger charge is -2.19. The van der Waals surface area contributed by atoms with Crippen LogP contribution in [0.5, 0.6) is 5.75 Å². The Hall–Kier alpha value is -3.56. The number of hydrogen-bond acceptors (Lipinski definition) is 6. The van der Waals surface area contributed by atoms with Gasteiger partial charge in [0.05, 0.1) is 11.8 Å². The number of imide groups is 1. The van der Waals surface area contributed by atoms with Gasteiger partial charge in [-0.15, -0.1) is 0 Å². The molecule has 1 saturated carbocycles. The van der Waals surface area contributed by atoms with Gasteiger partial charge in [-0.1, -0.05) is 12.8 Å².